The van der Waals surface area contributed by atoms with E-state index < -0.39 is 0 Å². The molecule has 8 heteroatoms. The topological polar surface area (TPSA) is 93.4 Å². The van der Waals surface area contributed by atoms with E-state index in [4.69, 9.17) is 13.9 Å². The fourth-order valence-corrected chi connectivity index (χ4v) is 4.30. The van der Waals surface area contributed by atoms with E-state index >= 15 is 0 Å². The van der Waals surface area contributed by atoms with E-state index in [2.05, 4.69) is 10.3 Å². The summed E-state index contributed by atoms with van der Waals surface area (Å²) in [5.74, 6) is 0.869. The van der Waals surface area contributed by atoms with Gasteiger partial charge in [-0.05, 0) is 49.6 Å². The third-order valence-electron chi connectivity index (χ3n) is 6.00. The number of anilines is 1. The highest BCUT2D eigenvalue weighted by molar-refractivity contribution is 6.03. The predicted octanol–water partition coefficient (Wildman–Crippen LogP) is 4.56. The Balaban J connectivity index is 1.19. The number of hydrogen-bond donors (Lipinski definition) is 1. The van der Waals surface area contributed by atoms with Crippen LogP contribution in [-0.4, -0.2) is 49.2 Å². The number of carbonyl (C=O) groups is 2. The molecule has 33 heavy (non-hydrogen) atoms. The zero-order chi connectivity index (χ0) is 22.8. The zero-order valence-electron chi connectivity index (χ0n) is 18.4. The highest BCUT2D eigenvalue weighted by atomic mass is 16.5. The summed E-state index contributed by atoms with van der Waals surface area (Å²) in [4.78, 5) is 31.6. The highest BCUT2D eigenvalue weighted by Crippen LogP contribution is 2.38. The molecule has 1 fully saturated rings. The summed E-state index contributed by atoms with van der Waals surface area (Å²) in [6, 6.07) is 10.9. The number of hydrogen-bond acceptors (Lipinski definition) is 6. The van der Waals surface area contributed by atoms with Gasteiger partial charge in [-0.25, -0.2) is 0 Å². The summed E-state index contributed by atoms with van der Waals surface area (Å²) in [5, 5.41) is 3.83. The standard InChI is InChI=1S/C25H25N3O5/c1-31-22-13-19-20(26-15-18-4-2-9-28(18)25(19)30)14-23(22)32-10-3-5-24(29)27-17-6-7-21-16(12-17)8-11-33-21/h6-8,11-15,18H,2-5,9-10H2,1H3,(H,27,29)/t18-/m0/s1. The second-order valence-corrected chi connectivity index (χ2v) is 8.18. The third kappa shape index (κ3) is 4.28. The molecule has 1 saturated heterocycles. The van der Waals surface area contributed by atoms with Crippen molar-refractivity contribution in [3.63, 3.8) is 0 Å². The number of amides is 2. The first kappa shape index (κ1) is 21.1. The molecule has 0 aliphatic carbocycles. The Morgan fingerprint density at radius 3 is 3.03 bits per heavy atom. The number of nitrogens with zero attached hydrogens (tertiary/aromatic N) is 2. The molecule has 8 nitrogen and oxygen atoms in total. The number of rotatable bonds is 7. The van der Waals surface area contributed by atoms with Crippen molar-refractivity contribution >= 4 is 40.4 Å². The van der Waals surface area contributed by atoms with E-state index in [0.29, 0.717) is 42.2 Å². The van der Waals surface area contributed by atoms with Crippen molar-refractivity contribution in [2.45, 2.75) is 31.7 Å². The van der Waals surface area contributed by atoms with Crippen LogP contribution in [0.2, 0.25) is 0 Å². The Hall–Kier alpha value is -3.81. The number of carbonyl (C=O) groups excluding carboxylic acids is 2. The average Bonchev–Trinajstić information content (AvgIpc) is 3.46. The summed E-state index contributed by atoms with van der Waals surface area (Å²) < 4.78 is 16.7. The van der Waals surface area contributed by atoms with E-state index in [-0.39, 0.29) is 17.9 Å². The van der Waals surface area contributed by atoms with Crippen molar-refractivity contribution in [1.82, 2.24) is 4.90 Å². The second kappa shape index (κ2) is 8.97. The minimum Gasteiger partial charge on any atom is -0.493 e. The lowest BCUT2D eigenvalue weighted by Gasteiger charge is -2.20. The lowest BCUT2D eigenvalue weighted by molar-refractivity contribution is -0.116. The van der Waals surface area contributed by atoms with Crippen molar-refractivity contribution in [3.05, 3.63) is 48.2 Å². The van der Waals surface area contributed by atoms with Gasteiger partial charge in [0.2, 0.25) is 5.91 Å². The molecule has 1 aromatic heterocycles. The molecule has 1 N–H and O–H groups in total. The molecule has 0 spiro atoms. The van der Waals surface area contributed by atoms with Gasteiger partial charge < -0.3 is 24.1 Å². The average molecular weight is 447 g/mol. The van der Waals surface area contributed by atoms with Crippen LogP contribution in [0, 0.1) is 0 Å². The van der Waals surface area contributed by atoms with Gasteiger partial charge in [0.25, 0.3) is 5.91 Å². The predicted molar refractivity (Wildman–Crippen MR) is 125 cm³/mol. The van der Waals surface area contributed by atoms with Crippen LogP contribution in [0.1, 0.15) is 36.0 Å². The smallest absolute Gasteiger partial charge is 0.256 e. The SMILES string of the molecule is COc1cc2c(cc1OCCCC(=O)Nc1ccc3occc3c1)N=C[C@@H]1CCCN1C2=O. The molecule has 5 rings (SSSR count). The molecule has 3 heterocycles. The largest absolute Gasteiger partial charge is 0.493 e. The number of aliphatic imine (C=N–C) groups is 1. The molecule has 2 aliphatic rings. The summed E-state index contributed by atoms with van der Waals surface area (Å²) in [7, 11) is 1.54. The van der Waals surface area contributed by atoms with Crippen LogP contribution in [0.4, 0.5) is 11.4 Å². The van der Waals surface area contributed by atoms with Crippen molar-refractivity contribution in [1.29, 1.82) is 0 Å². The van der Waals surface area contributed by atoms with Crippen LogP contribution < -0.4 is 14.8 Å². The van der Waals surface area contributed by atoms with Crippen LogP contribution in [-0.2, 0) is 4.79 Å². The van der Waals surface area contributed by atoms with Gasteiger partial charge in [0.1, 0.15) is 5.58 Å². The van der Waals surface area contributed by atoms with Crippen molar-refractivity contribution in [3.8, 4) is 11.5 Å². The molecular formula is C25H25N3O5. The van der Waals surface area contributed by atoms with E-state index in [0.717, 1.165) is 36.0 Å². The maximum atomic E-state index is 12.9. The minimum atomic E-state index is -0.0916. The number of benzene rings is 2. The first-order chi connectivity index (χ1) is 16.1. The minimum absolute atomic E-state index is 0.0277. The molecule has 2 aliphatic heterocycles. The molecule has 3 aromatic rings. The monoisotopic (exact) mass is 447 g/mol. The first-order valence-electron chi connectivity index (χ1n) is 11.1. The van der Waals surface area contributed by atoms with E-state index in [1.54, 1.807) is 25.5 Å². The fraction of sp³-hybridized carbons (Fsp3) is 0.320. The molecule has 1 atom stereocenters. The molecule has 0 bridgehead atoms. The second-order valence-electron chi connectivity index (χ2n) is 8.18. The lowest BCUT2D eigenvalue weighted by Crippen LogP contribution is -2.35. The van der Waals surface area contributed by atoms with Crippen LogP contribution in [0.15, 0.2) is 52.1 Å². The number of nitrogens with one attached hydrogen (secondary N) is 1. The number of methoxy groups -OCH3 is 1. The summed E-state index contributed by atoms with van der Waals surface area (Å²) in [6.45, 7) is 1.07. The third-order valence-corrected chi connectivity index (χ3v) is 6.00. The molecular weight excluding hydrogens is 422 g/mol. The van der Waals surface area contributed by atoms with Crippen LogP contribution in [0.25, 0.3) is 11.0 Å². The highest BCUT2D eigenvalue weighted by Gasteiger charge is 2.32. The summed E-state index contributed by atoms with van der Waals surface area (Å²) >= 11 is 0. The van der Waals surface area contributed by atoms with Gasteiger partial charge in [0.15, 0.2) is 11.5 Å². The van der Waals surface area contributed by atoms with Gasteiger partial charge in [-0.15, -0.1) is 0 Å². The zero-order valence-corrected chi connectivity index (χ0v) is 18.4. The van der Waals surface area contributed by atoms with Gasteiger partial charge in [-0.3, -0.25) is 14.6 Å². The van der Waals surface area contributed by atoms with Gasteiger partial charge in [-0.2, -0.15) is 0 Å². The Labute approximate surface area is 191 Å². The Morgan fingerprint density at radius 2 is 2.15 bits per heavy atom. The van der Waals surface area contributed by atoms with E-state index in [1.165, 1.54) is 0 Å². The maximum absolute atomic E-state index is 12.9. The maximum Gasteiger partial charge on any atom is 0.256 e. The van der Waals surface area contributed by atoms with Crippen LogP contribution in [0.3, 0.4) is 0 Å². The van der Waals surface area contributed by atoms with Crippen molar-refractivity contribution in [2.75, 3.05) is 25.6 Å². The summed E-state index contributed by atoms with van der Waals surface area (Å²) in [5.41, 5.74) is 2.61. The quantitative estimate of drug-likeness (QED) is 0.536. The Bertz CT molecular complexity index is 1230. The van der Waals surface area contributed by atoms with Crippen molar-refractivity contribution < 1.29 is 23.5 Å². The normalized spacial score (nSPS) is 16.9. The molecule has 0 radical (unpaired) electrons. The molecule has 2 amide bonds. The molecule has 0 saturated carbocycles. The Kier molecular flexibility index (Phi) is 5.73. The lowest BCUT2D eigenvalue weighted by atomic mass is 10.1. The van der Waals surface area contributed by atoms with Gasteiger partial charge >= 0.3 is 0 Å². The van der Waals surface area contributed by atoms with Crippen LogP contribution >= 0.6 is 0 Å². The molecule has 170 valence electrons. The molecule has 0 unspecified atom stereocenters. The first-order valence-corrected chi connectivity index (χ1v) is 11.1. The number of fused-ring (bicyclic) bond motifs is 3. The van der Waals surface area contributed by atoms with E-state index in [1.807, 2.05) is 35.4 Å². The molecule has 2 aromatic carbocycles. The van der Waals surface area contributed by atoms with Gasteiger partial charge in [-0.1, -0.05) is 0 Å². The van der Waals surface area contributed by atoms with Gasteiger partial charge in [0, 0.05) is 36.3 Å². The van der Waals surface area contributed by atoms with Crippen LogP contribution in [0.5, 0.6) is 11.5 Å². The van der Waals surface area contributed by atoms with Crippen molar-refractivity contribution in [2.24, 2.45) is 4.99 Å². The fourth-order valence-electron chi connectivity index (χ4n) is 4.30. The summed E-state index contributed by atoms with van der Waals surface area (Å²) in [6.07, 6.45) is 6.22. The number of furan rings is 1. The van der Waals surface area contributed by atoms with E-state index in [9.17, 15) is 9.59 Å². The van der Waals surface area contributed by atoms with Gasteiger partial charge in [0.05, 0.1) is 37.3 Å². The Morgan fingerprint density at radius 1 is 1.24 bits per heavy atom. The number of ether oxygens (including phenoxy) is 2.